The molecule has 0 atom stereocenters. The van der Waals surface area contributed by atoms with Gasteiger partial charge in [0.1, 0.15) is 5.70 Å². The quantitative estimate of drug-likeness (QED) is 0.315. The van der Waals surface area contributed by atoms with Gasteiger partial charge in [-0.1, -0.05) is 18.2 Å². The smallest absolute Gasteiger partial charge is 0.337 e. The van der Waals surface area contributed by atoms with Crippen LogP contribution in [0.4, 0.5) is 0 Å². The Balaban J connectivity index is 1.76. The van der Waals surface area contributed by atoms with Gasteiger partial charge in [0.25, 0.3) is 11.8 Å². The summed E-state index contributed by atoms with van der Waals surface area (Å²) >= 11 is 0. The van der Waals surface area contributed by atoms with E-state index in [4.69, 9.17) is 4.74 Å². The molecule has 0 spiro atoms. The van der Waals surface area contributed by atoms with Crippen LogP contribution in [-0.4, -0.2) is 48.0 Å². The molecule has 2 aromatic carbocycles. The zero-order valence-electron chi connectivity index (χ0n) is 18.2. The van der Waals surface area contributed by atoms with Crippen LogP contribution >= 0.6 is 0 Å². The lowest BCUT2D eigenvalue weighted by molar-refractivity contribution is -0.122. The summed E-state index contributed by atoms with van der Waals surface area (Å²) in [5, 5.41) is 7.27. The summed E-state index contributed by atoms with van der Waals surface area (Å²) in [6, 6.07) is 12.9. The number of esters is 1. The molecule has 8 nitrogen and oxygen atoms in total. The van der Waals surface area contributed by atoms with Crippen molar-refractivity contribution in [1.82, 2.24) is 20.2 Å². The first-order chi connectivity index (χ1) is 16.0. The number of fused-ring (bicyclic) bond motifs is 2. The lowest BCUT2D eigenvalue weighted by Gasteiger charge is -2.07. The summed E-state index contributed by atoms with van der Waals surface area (Å²) < 4.78 is 6.63. The van der Waals surface area contributed by atoms with Crippen LogP contribution in [-0.2, 0) is 20.7 Å². The summed E-state index contributed by atoms with van der Waals surface area (Å²) in [4.78, 5) is 41.2. The minimum Gasteiger partial charge on any atom is -0.465 e. The highest BCUT2D eigenvalue weighted by Gasteiger charge is 2.35. The maximum absolute atomic E-state index is 13.0. The number of H-pyrrole nitrogens is 1. The molecule has 4 aromatic rings. The Kier molecular flexibility index (Phi) is 5.07. The third-order valence-corrected chi connectivity index (χ3v) is 5.96. The van der Waals surface area contributed by atoms with Gasteiger partial charge in [0, 0.05) is 34.2 Å². The first-order valence-corrected chi connectivity index (χ1v) is 10.6. The number of amides is 2. The summed E-state index contributed by atoms with van der Waals surface area (Å²) in [6.07, 6.45) is 4.38. The van der Waals surface area contributed by atoms with E-state index in [0.29, 0.717) is 16.5 Å². The van der Waals surface area contributed by atoms with Gasteiger partial charge in [-0.25, -0.2) is 4.79 Å². The van der Waals surface area contributed by atoms with Crippen LogP contribution in [0, 0.1) is 0 Å². The van der Waals surface area contributed by atoms with Crippen molar-refractivity contribution in [3.63, 3.8) is 0 Å². The number of carbonyl (C=O) groups excluding carboxylic acids is 3. The number of nitrogens with one attached hydrogen (secondary N) is 3. The molecule has 3 heterocycles. The van der Waals surface area contributed by atoms with Crippen molar-refractivity contribution < 1.29 is 19.1 Å². The predicted octanol–water partition coefficient (Wildman–Crippen LogP) is 2.70. The van der Waals surface area contributed by atoms with E-state index in [1.165, 1.54) is 7.11 Å². The van der Waals surface area contributed by atoms with E-state index in [1.54, 1.807) is 29.0 Å². The van der Waals surface area contributed by atoms with Crippen molar-refractivity contribution in [2.45, 2.75) is 6.42 Å². The monoisotopic (exact) mass is 442 g/mol. The van der Waals surface area contributed by atoms with Gasteiger partial charge < -0.3 is 19.6 Å². The minimum atomic E-state index is -0.478. The molecule has 2 aromatic heterocycles. The Morgan fingerprint density at radius 3 is 2.70 bits per heavy atom. The van der Waals surface area contributed by atoms with Gasteiger partial charge in [-0.05, 0) is 49.8 Å². The first kappa shape index (κ1) is 20.7. The van der Waals surface area contributed by atoms with E-state index in [1.807, 2.05) is 37.5 Å². The number of aromatic nitrogens is 2. The SMILES string of the molecule is CNCCc1cn(C2=C(c3c[nH]c4ccc(C(=O)OC)cc34)C(=O)NC2=O)c2ccccc12. The lowest BCUT2D eigenvalue weighted by Crippen LogP contribution is -2.23. The van der Waals surface area contributed by atoms with Crippen molar-refractivity contribution >= 4 is 50.9 Å². The van der Waals surface area contributed by atoms with Crippen molar-refractivity contribution in [3.8, 4) is 0 Å². The third kappa shape index (κ3) is 3.32. The Morgan fingerprint density at radius 1 is 1.09 bits per heavy atom. The highest BCUT2D eigenvalue weighted by molar-refractivity contribution is 6.47. The summed E-state index contributed by atoms with van der Waals surface area (Å²) in [7, 11) is 3.21. The summed E-state index contributed by atoms with van der Waals surface area (Å²) in [5.41, 5.74) is 4.08. The molecule has 0 aliphatic carbocycles. The molecule has 2 amide bonds. The van der Waals surface area contributed by atoms with Crippen molar-refractivity contribution in [1.29, 1.82) is 0 Å². The van der Waals surface area contributed by atoms with Crippen LogP contribution in [0.25, 0.3) is 33.1 Å². The Bertz CT molecular complexity index is 1470. The molecule has 3 N–H and O–H groups in total. The Hall–Kier alpha value is -4.17. The standard InChI is InChI=1S/C25H22N4O4/c1-26-10-9-15-13-29(20-6-4-3-5-16(15)20)22-21(23(30)28-24(22)31)18-12-27-19-8-7-14(11-17(18)19)25(32)33-2/h3-8,11-13,26-27H,9-10H2,1-2H3,(H,28,30,31). The number of hydrogen-bond acceptors (Lipinski definition) is 5. The Labute approximate surface area is 189 Å². The molecule has 166 valence electrons. The highest BCUT2D eigenvalue weighted by Crippen LogP contribution is 2.35. The van der Waals surface area contributed by atoms with Crippen molar-refractivity contribution in [2.24, 2.45) is 0 Å². The van der Waals surface area contributed by atoms with E-state index in [2.05, 4.69) is 15.6 Å². The van der Waals surface area contributed by atoms with E-state index in [-0.39, 0.29) is 11.3 Å². The molecule has 5 rings (SSSR count). The second-order valence-corrected chi connectivity index (χ2v) is 7.86. The van der Waals surface area contributed by atoms with Gasteiger partial charge in [0.2, 0.25) is 0 Å². The number of aromatic amines is 1. The van der Waals surface area contributed by atoms with Crippen LogP contribution in [0.1, 0.15) is 21.5 Å². The fourth-order valence-electron chi connectivity index (χ4n) is 4.39. The Morgan fingerprint density at radius 2 is 1.91 bits per heavy atom. The van der Waals surface area contributed by atoms with Gasteiger partial charge in [-0.2, -0.15) is 0 Å². The molecule has 33 heavy (non-hydrogen) atoms. The molecule has 0 saturated carbocycles. The van der Waals surface area contributed by atoms with Crippen molar-refractivity contribution in [2.75, 3.05) is 20.7 Å². The van der Waals surface area contributed by atoms with E-state index < -0.39 is 17.8 Å². The molecule has 1 aliphatic rings. The summed E-state index contributed by atoms with van der Waals surface area (Å²) in [6.45, 7) is 0.782. The maximum Gasteiger partial charge on any atom is 0.337 e. The van der Waals surface area contributed by atoms with Gasteiger partial charge in [-0.3, -0.25) is 14.9 Å². The van der Waals surface area contributed by atoms with Crippen LogP contribution < -0.4 is 10.6 Å². The number of rotatable bonds is 6. The van der Waals surface area contributed by atoms with Gasteiger partial charge in [0.05, 0.1) is 23.8 Å². The number of methoxy groups -OCH3 is 1. The molecule has 8 heteroatoms. The fraction of sp³-hybridized carbons (Fsp3) is 0.160. The number of likely N-dealkylation sites (N-methyl/N-ethyl adjacent to an activating group) is 1. The van der Waals surface area contributed by atoms with Crippen LogP contribution in [0.2, 0.25) is 0 Å². The number of ether oxygens (including phenoxy) is 1. The second kappa shape index (κ2) is 8.07. The molecule has 0 fully saturated rings. The number of nitrogens with zero attached hydrogens (tertiary/aromatic N) is 1. The highest BCUT2D eigenvalue weighted by atomic mass is 16.5. The van der Waals surface area contributed by atoms with E-state index >= 15 is 0 Å². The molecular weight excluding hydrogens is 420 g/mol. The first-order valence-electron chi connectivity index (χ1n) is 10.6. The lowest BCUT2D eigenvalue weighted by atomic mass is 10.0. The normalized spacial score (nSPS) is 13.9. The number of imide groups is 1. The second-order valence-electron chi connectivity index (χ2n) is 7.86. The third-order valence-electron chi connectivity index (χ3n) is 5.96. The number of para-hydroxylation sites is 1. The zero-order chi connectivity index (χ0) is 23.1. The number of hydrogen-bond donors (Lipinski definition) is 3. The molecule has 0 unspecified atom stereocenters. The molecule has 0 radical (unpaired) electrons. The van der Waals surface area contributed by atoms with Crippen molar-refractivity contribution in [3.05, 3.63) is 71.5 Å². The molecular formula is C25H22N4O4. The molecule has 0 saturated heterocycles. The predicted molar refractivity (Wildman–Crippen MR) is 125 cm³/mol. The van der Waals surface area contributed by atoms with Gasteiger partial charge >= 0.3 is 5.97 Å². The molecule has 0 bridgehead atoms. The van der Waals surface area contributed by atoms with Crippen LogP contribution in [0.5, 0.6) is 0 Å². The minimum absolute atomic E-state index is 0.259. The zero-order valence-corrected chi connectivity index (χ0v) is 18.2. The largest absolute Gasteiger partial charge is 0.465 e. The number of benzene rings is 2. The van der Waals surface area contributed by atoms with Gasteiger partial charge in [0.15, 0.2) is 0 Å². The molecule has 1 aliphatic heterocycles. The average Bonchev–Trinajstić information content (AvgIpc) is 3.49. The maximum atomic E-state index is 13.0. The number of carbonyl (C=O) groups is 3. The van der Waals surface area contributed by atoms with E-state index in [9.17, 15) is 14.4 Å². The fourth-order valence-corrected chi connectivity index (χ4v) is 4.39. The summed E-state index contributed by atoms with van der Waals surface area (Å²) in [5.74, 6) is -1.42. The van der Waals surface area contributed by atoms with Crippen LogP contribution in [0.15, 0.2) is 54.9 Å². The average molecular weight is 442 g/mol. The van der Waals surface area contributed by atoms with Gasteiger partial charge in [-0.15, -0.1) is 0 Å². The van der Waals surface area contributed by atoms with E-state index in [0.717, 1.165) is 34.9 Å². The van der Waals surface area contributed by atoms with Crippen LogP contribution in [0.3, 0.4) is 0 Å². The topological polar surface area (TPSA) is 105 Å².